The molecule has 1 saturated heterocycles. The van der Waals surface area contributed by atoms with Crippen molar-refractivity contribution in [3.05, 3.63) is 23.8 Å². The third-order valence-corrected chi connectivity index (χ3v) is 10.2. The van der Waals surface area contributed by atoms with E-state index < -0.39 is 0 Å². The zero-order valence-corrected chi connectivity index (χ0v) is 33.0. The van der Waals surface area contributed by atoms with Crippen molar-refractivity contribution in [2.24, 2.45) is 11.8 Å². The normalized spacial score (nSPS) is 15.0. The van der Waals surface area contributed by atoms with Crippen LogP contribution in [0.2, 0.25) is 0 Å². The summed E-state index contributed by atoms with van der Waals surface area (Å²) in [6.07, 6.45) is 17.1. The largest absolute Gasteiger partial charge is 0.493 e. The smallest absolute Gasteiger partial charge is 0.305 e. The fourth-order valence-corrected chi connectivity index (χ4v) is 6.58. The summed E-state index contributed by atoms with van der Waals surface area (Å²) in [5.41, 5.74) is 1.19. The van der Waals surface area contributed by atoms with Crippen molar-refractivity contribution < 1.29 is 33.6 Å². The lowest BCUT2D eigenvalue weighted by Gasteiger charge is -2.34. The van der Waals surface area contributed by atoms with Crippen molar-refractivity contribution in [2.75, 3.05) is 72.3 Å². The molecule has 2 rings (SSSR count). The molecule has 0 saturated carbocycles. The van der Waals surface area contributed by atoms with E-state index in [4.69, 9.17) is 24.1 Å². The number of hydrogen-bond donors (Lipinski definition) is 1. The summed E-state index contributed by atoms with van der Waals surface area (Å²) in [5.74, 6) is 2.39. The quantitative estimate of drug-likeness (QED) is 0.0602. The van der Waals surface area contributed by atoms with Crippen molar-refractivity contribution >= 4 is 11.9 Å². The number of hydrogen-bond acceptors (Lipinski definition) is 9. The highest BCUT2D eigenvalue weighted by Crippen LogP contribution is 2.26. The lowest BCUT2D eigenvalue weighted by molar-refractivity contribution is -0.145. The molecule has 1 aromatic carbocycles. The maximum Gasteiger partial charge on any atom is 0.305 e. The summed E-state index contributed by atoms with van der Waals surface area (Å²) < 4.78 is 23.4. The number of aliphatic hydroxyl groups is 1. The standard InChI is InChI=1S/C42H74N2O7/c1-5-9-17-36(7-3)34-50-40-32-38(19-14-12-11-13-15-20-42(47)51-35-37(8-4)18-10-6-2)31-39(33-40)48-29-30-49-41(46)21-16-22-43-23-25-44(26-24-43)27-28-45/h31-33,36-37,45H,5-30,34-35H2,1-4H3. The SMILES string of the molecule is CCCCC(CC)COC(=O)CCCCCCCc1cc(OCCOC(=O)CCCN2CCN(CCO)CC2)cc(OCC(CC)CCCC)c1. The van der Waals surface area contributed by atoms with E-state index >= 15 is 0 Å². The van der Waals surface area contributed by atoms with Gasteiger partial charge >= 0.3 is 11.9 Å². The van der Waals surface area contributed by atoms with E-state index in [-0.39, 0.29) is 25.2 Å². The Hall–Kier alpha value is -2.36. The summed E-state index contributed by atoms with van der Waals surface area (Å²) in [4.78, 5) is 29.2. The maximum absolute atomic E-state index is 12.4. The van der Waals surface area contributed by atoms with Crippen LogP contribution in [0, 0.1) is 11.8 Å². The molecule has 0 radical (unpaired) electrons. The number of carbonyl (C=O) groups is 2. The topological polar surface area (TPSA) is 97.8 Å². The number of β-amino-alcohol motifs (C(OH)–C–C–N with tert-alkyl or cyclic N) is 1. The molecule has 1 heterocycles. The highest BCUT2D eigenvalue weighted by molar-refractivity contribution is 5.69. The molecule has 9 nitrogen and oxygen atoms in total. The molecule has 1 aliphatic rings. The Labute approximate surface area is 311 Å². The van der Waals surface area contributed by atoms with Gasteiger partial charge in [0.1, 0.15) is 24.7 Å². The second kappa shape index (κ2) is 29.1. The van der Waals surface area contributed by atoms with E-state index in [1.165, 1.54) is 37.7 Å². The van der Waals surface area contributed by atoms with Gasteiger partial charge in [-0.25, -0.2) is 0 Å². The number of rotatable bonds is 31. The molecule has 0 spiro atoms. The van der Waals surface area contributed by atoms with Crippen LogP contribution >= 0.6 is 0 Å². The fourth-order valence-electron chi connectivity index (χ4n) is 6.58. The first kappa shape index (κ1) is 44.8. The van der Waals surface area contributed by atoms with Crippen molar-refractivity contribution in [3.63, 3.8) is 0 Å². The van der Waals surface area contributed by atoms with Crippen LogP contribution in [0.25, 0.3) is 0 Å². The summed E-state index contributed by atoms with van der Waals surface area (Å²) in [5, 5.41) is 9.12. The number of carbonyl (C=O) groups excluding carboxylic acids is 2. The van der Waals surface area contributed by atoms with E-state index in [2.05, 4.69) is 49.6 Å². The fraction of sp³-hybridized carbons (Fsp3) is 0.810. The zero-order chi connectivity index (χ0) is 36.9. The Balaban J connectivity index is 1.74. The molecule has 0 amide bonds. The van der Waals surface area contributed by atoms with Crippen LogP contribution in [0.1, 0.15) is 136 Å². The summed E-state index contributed by atoms with van der Waals surface area (Å²) in [7, 11) is 0. The Morgan fingerprint density at radius 1 is 0.647 bits per heavy atom. The molecular formula is C42H74N2O7. The third kappa shape index (κ3) is 21.7. The van der Waals surface area contributed by atoms with E-state index in [9.17, 15) is 9.59 Å². The molecule has 0 bridgehead atoms. The minimum Gasteiger partial charge on any atom is -0.493 e. The number of aryl methyl sites for hydroxylation is 1. The van der Waals surface area contributed by atoms with Crippen molar-refractivity contribution in [2.45, 2.75) is 137 Å². The predicted octanol–water partition coefficient (Wildman–Crippen LogP) is 8.24. The first-order chi connectivity index (χ1) is 24.9. The minimum atomic E-state index is -0.183. The number of aliphatic hydroxyl groups excluding tert-OH is 1. The lowest BCUT2D eigenvalue weighted by Crippen LogP contribution is -2.47. The Morgan fingerprint density at radius 2 is 1.22 bits per heavy atom. The number of ether oxygens (including phenoxy) is 4. The monoisotopic (exact) mass is 719 g/mol. The van der Waals surface area contributed by atoms with Crippen molar-refractivity contribution in [1.29, 1.82) is 0 Å². The predicted molar refractivity (Wildman–Crippen MR) is 207 cm³/mol. The van der Waals surface area contributed by atoms with Crippen LogP contribution in [0.5, 0.6) is 11.5 Å². The van der Waals surface area contributed by atoms with Gasteiger partial charge in [-0.1, -0.05) is 85.5 Å². The van der Waals surface area contributed by atoms with E-state index in [1.807, 2.05) is 6.07 Å². The molecule has 1 fully saturated rings. The number of unbranched alkanes of at least 4 members (excludes halogenated alkanes) is 6. The van der Waals surface area contributed by atoms with Crippen LogP contribution in [-0.4, -0.2) is 99.1 Å². The van der Waals surface area contributed by atoms with Crippen LogP contribution < -0.4 is 9.47 Å². The Morgan fingerprint density at radius 3 is 1.86 bits per heavy atom. The van der Waals surface area contributed by atoms with Gasteiger partial charge in [0.25, 0.3) is 0 Å². The van der Waals surface area contributed by atoms with Gasteiger partial charge in [-0.15, -0.1) is 0 Å². The highest BCUT2D eigenvalue weighted by Gasteiger charge is 2.17. The molecule has 1 N–H and O–H groups in total. The number of benzene rings is 1. The lowest BCUT2D eigenvalue weighted by atomic mass is 10.0. The van der Waals surface area contributed by atoms with E-state index in [0.29, 0.717) is 44.5 Å². The first-order valence-corrected chi connectivity index (χ1v) is 20.7. The molecule has 0 aromatic heterocycles. The summed E-state index contributed by atoms with van der Waals surface area (Å²) >= 11 is 0. The zero-order valence-electron chi connectivity index (χ0n) is 33.0. The maximum atomic E-state index is 12.4. The second-order valence-electron chi connectivity index (χ2n) is 14.5. The Bertz CT molecular complexity index is 1030. The molecule has 9 heteroatoms. The van der Waals surface area contributed by atoms with Gasteiger partial charge in [0.05, 0.1) is 19.8 Å². The van der Waals surface area contributed by atoms with Gasteiger partial charge in [-0.05, 0) is 74.6 Å². The number of esters is 2. The third-order valence-electron chi connectivity index (χ3n) is 10.2. The molecular weight excluding hydrogens is 644 g/mol. The summed E-state index contributed by atoms with van der Waals surface area (Å²) in [6.45, 7) is 16.3. The molecule has 2 unspecified atom stereocenters. The average Bonchev–Trinajstić information content (AvgIpc) is 3.14. The van der Waals surface area contributed by atoms with Gasteiger partial charge < -0.3 is 29.0 Å². The van der Waals surface area contributed by atoms with E-state index in [1.54, 1.807) is 0 Å². The molecule has 1 aromatic rings. The molecule has 51 heavy (non-hydrogen) atoms. The molecule has 1 aliphatic heterocycles. The van der Waals surface area contributed by atoms with Gasteiger partial charge in [0.15, 0.2) is 0 Å². The number of piperazine rings is 1. The van der Waals surface area contributed by atoms with E-state index in [0.717, 1.165) is 115 Å². The van der Waals surface area contributed by atoms with Crippen LogP contribution in [-0.2, 0) is 25.5 Å². The number of nitrogens with zero attached hydrogens (tertiary/aromatic N) is 2. The Kier molecular flexibility index (Phi) is 25.6. The second-order valence-corrected chi connectivity index (χ2v) is 14.5. The van der Waals surface area contributed by atoms with Crippen LogP contribution in [0.4, 0.5) is 0 Å². The minimum absolute atomic E-state index is 0.0513. The summed E-state index contributed by atoms with van der Waals surface area (Å²) in [6, 6.07) is 6.19. The van der Waals surface area contributed by atoms with Gasteiger partial charge in [0.2, 0.25) is 0 Å². The molecule has 0 aliphatic carbocycles. The first-order valence-electron chi connectivity index (χ1n) is 20.7. The van der Waals surface area contributed by atoms with Crippen molar-refractivity contribution in [1.82, 2.24) is 9.80 Å². The van der Waals surface area contributed by atoms with Crippen LogP contribution in [0.3, 0.4) is 0 Å². The highest BCUT2D eigenvalue weighted by atomic mass is 16.6. The molecule has 2 atom stereocenters. The average molecular weight is 719 g/mol. The van der Waals surface area contributed by atoms with Crippen molar-refractivity contribution in [3.8, 4) is 11.5 Å². The van der Waals surface area contributed by atoms with Gasteiger partial charge in [-0.3, -0.25) is 14.5 Å². The van der Waals surface area contributed by atoms with Gasteiger partial charge in [0, 0.05) is 51.6 Å². The molecule has 294 valence electrons. The van der Waals surface area contributed by atoms with Gasteiger partial charge in [-0.2, -0.15) is 0 Å². The van der Waals surface area contributed by atoms with Crippen LogP contribution in [0.15, 0.2) is 18.2 Å².